The van der Waals surface area contributed by atoms with E-state index >= 15 is 0 Å². The van der Waals surface area contributed by atoms with Crippen molar-refractivity contribution in [3.63, 3.8) is 0 Å². The number of rotatable bonds is 10. The van der Waals surface area contributed by atoms with Gasteiger partial charge in [-0.05, 0) is 42.7 Å². The number of halogens is 3. The Balaban J connectivity index is 1.36. The van der Waals surface area contributed by atoms with Crippen molar-refractivity contribution in [3.05, 3.63) is 93.1 Å². The second-order valence-electron chi connectivity index (χ2n) is 7.99. The highest BCUT2D eigenvalue weighted by Crippen LogP contribution is 2.28. The van der Waals surface area contributed by atoms with E-state index in [1.807, 2.05) is 0 Å². The zero-order valence-corrected chi connectivity index (χ0v) is 20.8. The highest BCUT2D eigenvalue weighted by molar-refractivity contribution is 7.16. The van der Waals surface area contributed by atoms with Crippen LogP contribution < -0.4 is 10.6 Å². The minimum Gasteiger partial charge on any atom is -0.384 e. The fraction of sp³-hybridized carbons (Fsp3) is 0.200. The van der Waals surface area contributed by atoms with Crippen LogP contribution in [0.5, 0.6) is 0 Å². The average Bonchev–Trinajstić information content (AvgIpc) is 3.59. The van der Waals surface area contributed by atoms with Crippen LogP contribution in [0.25, 0.3) is 10.6 Å². The van der Waals surface area contributed by atoms with Crippen LogP contribution in [0.2, 0.25) is 0 Å². The number of carbonyl (C=O) groups is 2. The van der Waals surface area contributed by atoms with Gasteiger partial charge in [0.2, 0.25) is 5.91 Å². The van der Waals surface area contributed by atoms with E-state index < -0.39 is 35.6 Å². The molecule has 0 fully saturated rings. The van der Waals surface area contributed by atoms with Crippen molar-refractivity contribution in [1.82, 2.24) is 20.6 Å². The molecule has 2 unspecified atom stereocenters. The zero-order valence-electron chi connectivity index (χ0n) is 19.2. The van der Waals surface area contributed by atoms with E-state index in [1.54, 1.807) is 23.7 Å². The number of hydrogen-bond donors (Lipinski definition) is 3. The standard InChI is InChI=1S/C25H21F3N4O3S2/c26-15-4-1-14(2-5-15)3-8-19(22(34)25-29-9-10-36-25)32-21(33)13-30-23(35)20-12-31-24(37-20)17-7-6-16(27)11-18(17)28/h1-2,4-7,9-12,19,22,34H,3,8,13H2,(H,30,35)(H,32,33). The Morgan fingerprint density at radius 1 is 1.03 bits per heavy atom. The summed E-state index contributed by atoms with van der Waals surface area (Å²) in [5.74, 6) is -3.01. The minimum absolute atomic E-state index is 0.0587. The molecule has 2 heterocycles. The van der Waals surface area contributed by atoms with E-state index in [2.05, 4.69) is 20.6 Å². The zero-order chi connectivity index (χ0) is 26.4. The van der Waals surface area contributed by atoms with Crippen LogP contribution in [-0.4, -0.2) is 39.5 Å². The Morgan fingerprint density at radius 2 is 1.78 bits per heavy atom. The summed E-state index contributed by atoms with van der Waals surface area (Å²) < 4.78 is 40.4. The molecule has 2 aromatic carbocycles. The molecule has 37 heavy (non-hydrogen) atoms. The molecular formula is C25H21F3N4O3S2. The van der Waals surface area contributed by atoms with Crippen molar-refractivity contribution in [2.75, 3.05) is 6.54 Å². The predicted molar refractivity (Wildman–Crippen MR) is 134 cm³/mol. The van der Waals surface area contributed by atoms with Gasteiger partial charge in [-0.3, -0.25) is 9.59 Å². The minimum atomic E-state index is -1.07. The summed E-state index contributed by atoms with van der Waals surface area (Å²) in [7, 11) is 0. The lowest BCUT2D eigenvalue weighted by Crippen LogP contribution is -2.44. The topological polar surface area (TPSA) is 104 Å². The molecule has 0 aliphatic rings. The third-order valence-corrected chi connectivity index (χ3v) is 7.27. The van der Waals surface area contributed by atoms with E-state index in [0.29, 0.717) is 17.8 Å². The largest absolute Gasteiger partial charge is 0.384 e. The summed E-state index contributed by atoms with van der Waals surface area (Å²) in [4.78, 5) is 33.4. The Morgan fingerprint density at radius 3 is 2.49 bits per heavy atom. The van der Waals surface area contributed by atoms with Crippen molar-refractivity contribution in [2.45, 2.75) is 25.0 Å². The first kappa shape index (κ1) is 26.5. The van der Waals surface area contributed by atoms with Gasteiger partial charge in [-0.2, -0.15) is 0 Å². The lowest BCUT2D eigenvalue weighted by atomic mass is 10.0. The van der Waals surface area contributed by atoms with Crippen LogP contribution in [0, 0.1) is 17.5 Å². The first-order valence-corrected chi connectivity index (χ1v) is 12.8. The number of nitrogens with one attached hydrogen (secondary N) is 2. The molecule has 4 aromatic rings. The Kier molecular flexibility index (Phi) is 8.64. The van der Waals surface area contributed by atoms with Crippen molar-refractivity contribution in [3.8, 4) is 10.6 Å². The van der Waals surface area contributed by atoms with Gasteiger partial charge in [0.05, 0.1) is 18.8 Å². The Labute approximate surface area is 218 Å². The highest BCUT2D eigenvalue weighted by atomic mass is 32.1. The predicted octanol–water partition coefficient (Wildman–Crippen LogP) is 4.26. The van der Waals surface area contributed by atoms with Gasteiger partial charge in [0.25, 0.3) is 5.91 Å². The molecule has 0 radical (unpaired) electrons. The van der Waals surface area contributed by atoms with Crippen LogP contribution in [0.15, 0.2) is 60.2 Å². The van der Waals surface area contributed by atoms with E-state index in [-0.39, 0.29) is 27.8 Å². The van der Waals surface area contributed by atoms with Gasteiger partial charge in [-0.1, -0.05) is 12.1 Å². The summed E-state index contributed by atoms with van der Waals surface area (Å²) in [5.41, 5.74) is 0.891. The van der Waals surface area contributed by atoms with E-state index in [9.17, 15) is 27.9 Å². The fourth-order valence-corrected chi connectivity index (χ4v) is 5.05. The first-order chi connectivity index (χ1) is 17.8. The molecule has 0 spiro atoms. The van der Waals surface area contributed by atoms with Crippen LogP contribution in [-0.2, 0) is 11.2 Å². The molecule has 0 aliphatic heterocycles. The smallest absolute Gasteiger partial charge is 0.263 e. The quantitative estimate of drug-likeness (QED) is 0.276. The molecule has 2 amide bonds. The van der Waals surface area contributed by atoms with Crippen LogP contribution in [0.3, 0.4) is 0 Å². The third kappa shape index (κ3) is 7.00. The molecule has 0 bridgehead atoms. The van der Waals surface area contributed by atoms with Crippen LogP contribution in [0.4, 0.5) is 13.2 Å². The molecule has 0 saturated heterocycles. The normalized spacial score (nSPS) is 12.6. The SMILES string of the molecule is O=C(CNC(=O)c1cnc(-c2ccc(F)cc2F)s1)NC(CCc1ccc(F)cc1)C(O)c1nccs1. The van der Waals surface area contributed by atoms with Gasteiger partial charge in [-0.15, -0.1) is 22.7 Å². The van der Waals surface area contributed by atoms with Crippen LogP contribution >= 0.6 is 22.7 Å². The van der Waals surface area contributed by atoms with Gasteiger partial charge in [-0.25, -0.2) is 23.1 Å². The monoisotopic (exact) mass is 546 g/mol. The lowest BCUT2D eigenvalue weighted by molar-refractivity contribution is -0.121. The second kappa shape index (κ2) is 12.1. The fourth-order valence-electron chi connectivity index (χ4n) is 3.51. The third-order valence-electron chi connectivity index (χ3n) is 5.39. The number of amides is 2. The molecule has 192 valence electrons. The Bertz CT molecular complexity index is 1360. The number of thiazole rings is 2. The van der Waals surface area contributed by atoms with E-state index in [4.69, 9.17) is 0 Å². The molecule has 7 nitrogen and oxygen atoms in total. The summed E-state index contributed by atoms with van der Waals surface area (Å²) in [6, 6.07) is 8.28. The van der Waals surface area contributed by atoms with Gasteiger partial charge in [0.1, 0.15) is 38.4 Å². The van der Waals surface area contributed by atoms with Crippen molar-refractivity contribution < 1.29 is 27.9 Å². The van der Waals surface area contributed by atoms with Gasteiger partial charge >= 0.3 is 0 Å². The van der Waals surface area contributed by atoms with Crippen molar-refractivity contribution in [1.29, 1.82) is 0 Å². The van der Waals surface area contributed by atoms with Crippen molar-refractivity contribution in [2.24, 2.45) is 0 Å². The number of hydrogen-bond acceptors (Lipinski definition) is 7. The molecular weight excluding hydrogens is 525 g/mol. The number of aliphatic hydroxyl groups is 1. The lowest BCUT2D eigenvalue weighted by Gasteiger charge is -2.23. The number of aromatic nitrogens is 2. The number of aryl methyl sites for hydroxylation is 1. The summed E-state index contributed by atoms with van der Waals surface area (Å²) >= 11 is 2.14. The maximum Gasteiger partial charge on any atom is 0.263 e. The molecule has 0 saturated carbocycles. The maximum absolute atomic E-state index is 14.0. The van der Waals surface area contributed by atoms with Gasteiger partial charge in [0, 0.05) is 23.2 Å². The molecule has 2 atom stereocenters. The molecule has 2 aromatic heterocycles. The summed E-state index contributed by atoms with van der Waals surface area (Å²) in [5, 5.41) is 18.3. The number of carbonyl (C=O) groups excluding carboxylic acids is 2. The number of benzene rings is 2. The van der Waals surface area contributed by atoms with Crippen LogP contribution in [0.1, 0.15) is 32.8 Å². The Hall–Kier alpha value is -3.61. The number of nitrogens with zero attached hydrogens (tertiary/aromatic N) is 2. The van der Waals surface area contributed by atoms with Crippen molar-refractivity contribution >= 4 is 34.5 Å². The molecule has 12 heteroatoms. The summed E-state index contributed by atoms with van der Waals surface area (Å²) in [6.45, 7) is -0.380. The second-order valence-corrected chi connectivity index (χ2v) is 9.95. The maximum atomic E-state index is 14.0. The molecule has 4 rings (SSSR count). The molecule has 0 aliphatic carbocycles. The van der Waals surface area contributed by atoms with Gasteiger partial charge in [0.15, 0.2) is 0 Å². The summed E-state index contributed by atoms with van der Waals surface area (Å²) in [6.07, 6.45) is 2.52. The van der Waals surface area contributed by atoms with E-state index in [0.717, 1.165) is 29.0 Å². The molecule has 3 N–H and O–H groups in total. The highest BCUT2D eigenvalue weighted by Gasteiger charge is 2.25. The average molecular weight is 547 g/mol. The number of aliphatic hydroxyl groups excluding tert-OH is 1. The van der Waals surface area contributed by atoms with E-state index in [1.165, 1.54) is 35.7 Å². The first-order valence-electron chi connectivity index (χ1n) is 11.1. The van der Waals surface area contributed by atoms with Gasteiger partial charge < -0.3 is 15.7 Å².